The third-order valence-electron chi connectivity index (χ3n) is 4.00. The molecule has 2 heterocycles. The number of fused-ring (bicyclic) bond motifs is 2. The van der Waals surface area contributed by atoms with Crippen LogP contribution in [0.15, 0.2) is 42.0 Å². The van der Waals surface area contributed by atoms with Crippen molar-refractivity contribution < 1.29 is 23.7 Å². The molecule has 4 rings (SSSR count). The lowest BCUT2D eigenvalue weighted by Crippen LogP contribution is -2.19. The number of methoxy groups -OCH3 is 1. The lowest BCUT2D eigenvalue weighted by molar-refractivity contribution is 0.100. The molecule has 24 heavy (non-hydrogen) atoms. The number of para-hydroxylation sites is 1. The van der Waals surface area contributed by atoms with Gasteiger partial charge < -0.3 is 18.9 Å². The number of carbonyl (C=O) groups is 1. The van der Waals surface area contributed by atoms with E-state index in [1.54, 1.807) is 25.3 Å². The van der Waals surface area contributed by atoms with E-state index in [0.29, 0.717) is 47.3 Å². The molecule has 2 aliphatic rings. The monoisotopic (exact) mass is 324 g/mol. The summed E-state index contributed by atoms with van der Waals surface area (Å²) in [5.74, 6) is 2.41. The standard InChI is InChI=1S/C19H16O5/c1-21-16-9-12(10-17-19(16)23-7-6-22-17)8-13-11-24-15-5-3-2-4-14(15)18(13)20/h2-5,8-10H,6-7,11H2,1H3. The fraction of sp³-hybridized carbons (Fsp3) is 0.211. The van der Waals surface area contributed by atoms with Crippen molar-refractivity contribution in [2.45, 2.75) is 0 Å². The highest BCUT2D eigenvalue weighted by Crippen LogP contribution is 2.41. The second-order valence-corrected chi connectivity index (χ2v) is 5.53. The summed E-state index contributed by atoms with van der Waals surface area (Å²) >= 11 is 0. The van der Waals surface area contributed by atoms with Gasteiger partial charge in [-0.25, -0.2) is 0 Å². The van der Waals surface area contributed by atoms with Gasteiger partial charge in [-0.1, -0.05) is 12.1 Å². The molecule has 122 valence electrons. The molecule has 0 aliphatic carbocycles. The Balaban J connectivity index is 1.73. The van der Waals surface area contributed by atoms with Crippen LogP contribution in [0.3, 0.4) is 0 Å². The number of carbonyl (C=O) groups excluding carboxylic acids is 1. The molecule has 0 fully saturated rings. The molecule has 0 saturated carbocycles. The molecule has 2 aliphatic heterocycles. The zero-order valence-corrected chi connectivity index (χ0v) is 13.2. The molecule has 0 N–H and O–H groups in total. The first-order chi connectivity index (χ1) is 11.8. The molecule has 0 aromatic heterocycles. The van der Waals surface area contributed by atoms with E-state index in [1.807, 2.05) is 24.3 Å². The van der Waals surface area contributed by atoms with Gasteiger partial charge in [0, 0.05) is 5.57 Å². The Morgan fingerprint density at radius 1 is 1.04 bits per heavy atom. The third-order valence-corrected chi connectivity index (χ3v) is 4.00. The van der Waals surface area contributed by atoms with Crippen molar-refractivity contribution in [3.05, 3.63) is 53.1 Å². The molecular weight excluding hydrogens is 308 g/mol. The smallest absolute Gasteiger partial charge is 0.203 e. The zero-order chi connectivity index (χ0) is 16.5. The predicted molar refractivity (Wildman–Crippen MR) is 88.2 cm³/mol. The average Bonchev–Trinajstić information content (AvgIpc) is 2.63. The second-order valence-electron chi connectivity index (χ2n) is 5.53. The molecule has 0 bridgehead atoms. The number of ketones is 1. The van der Waals surface area contributed by atoms with Gasteiger partial charge in [-0.3, -0.25) is 4.79 Å². The van der Waals surface area contributed by atoms with Crippen molar-refractivity contribution in [2.24, 2.45) is 0 Å². The first-order valence-corrected chi connectivity index (χ1v) is 7.71. The average molecular weight is 324 g/mol. The van der Waals surface area contributed by atoms with Gasteiger partial charge in [0.05, 0.1) is 12.7 Å². The fourth-order valence-corrected chi connectivity index (χ4v) is 2.86. The summed E-state index contributed by atoms with van der Waals surface area (Å²) in [5.41, 5.74) is 1.98. The Hall–Kier alpha value is -2.95. The van der Waals surface area contributed by atoms with Crippen molar-refractivity contribution in [2.75, 3.05) is 26.9 Å². The minimum Gasteiger partial charge on any atom is -0.493 e. The van der Waals surface area contributed by atoms with Crippen LogP contribution in [0, 0.1) is 0 Å². The maximum Gasteiger partial charge on any atom is 0.203 e. The van der Waals surface area contributed by atoms with E-state index < -0.39 is 0 Å². The van der Waals surface area contributed by atoms with Crippen molar-refractivity contribution in [3.8, 4) is 23.0 Å². The summed E-state index contributed by atoms with van der Waals surface area (Å²) in [7, 11) is 1.58. The minimum atomic E-state index is -0.0225. The summed E-state index contributed by atoms with van der Waals surface area (Å²) in [6.45, 7) is 1.23. The summed E-state index contributed by atoms with van der Waals surface area (Å²) in [6, 6.07) is 10.9. The molecule has 0 saturated heterocycles. The first kappa shape index (κ1) is 14.6. The number of benzene rings is 2. The van der Waals surface area contributed by atoms with Crippen LogP contribution >= 0.6 is 0 Å². The normalized spacial score (nSPS) is 17.2. The van der Waals surface area contributed by atoms with Crippen LogP contribution in [-0.4, -0.2) is 32.7 Å². The van der Waals surface area contributed by atoms with E-state index in [4.69, 9.17) is 18.9 Å². The molecule has 0 radical (unpaired) electrons. The number of ether oxygens (including phenoxy) is 4. The number of hydrogen-bond donors (Lipinski definition) is 0. The van der Waals surface area contributed by atoms with Gasteiger partial charge >= 0.3 is 0 Å². The van der Waals surface area contributed by atoms with Crippen LogP contribution in [0.2, 0.25) is 0 Å². The van der Waals surface area contributed by atoms with Gasteiger partial charge in [0.2, 0.25) is 5.75 Å². The Morgan fingerprint density at radius 2 is 1.88 bits per heavy atom. The summed E-state index contributed by atoms with van der Waals surface area (Å²) < 4.78 is 22.3. The molecule has 5 heteroatoms. The predicted octanol–water partition coefficient (Wildman–Crippen LogP) is 3.13. The van der Waals surface area contributed by atoms with Crippen LogP contribution < -0.4 is 18.9 Å². The van der Waals surface area contributed by atoms with Crippen molar-refractivity contribution >= 4 is 11.9 Å². The molecular formula is C19H16O5. The van der Waals surface area contributed by atoms with Gasteiger partial charge in [0.25, 0.3) is 0 Å². The van der Waals surface area contributed by atoms with Crippen LogP contribution in [0.25, 0.3) is 6.08 Å². The molecule has 5 nitrogen and oxygen atoms in total. The maximum absolute atomic E-state index is 12.6. The molecule has 2 aromatic rings. The Bertz CT molecular complexity index is 820. The highest BCUT2D eigenvalue weighted by atomic mass is 16.6. The lowest BCUT2D eigenvalue weighted by atomic mass is 9.98. The quantitative estimate of drug-likeness (QED) is 0.795. The van der Waals surface area contributed by atoms with Crippen LogP contribution in [-0.2, 0) is 0 Å². The van der Waals surface area contributed by atoms with E-state index >= 15 is 0 Å². The largest absolute Gasteiger partial charge is 0.493 e. The highest BCUT2D eigenvalue weighted by Gasteiger charge is 2.24. The second kappa shape index (κ2) is 5.92. The summed E-state index contributed by atoms with van der Waals surface area (Å²) in [6.07, 6.45) is 1.80. The molecule has 2 aromatic carbocycles. The van der Waals surface area contributed by atoms with E-state index in [1.165, 1.54) is 0 Å². The summed E-state index contributed by atoms with van der Waals surface area (Å²) in [4.78, 5) is 12.6. The Labute approximate surface area is 139 Å². The zero-order valence-electron chi connectivity index (χ0n) is 13.2. The SMILES string of the molecule is COc1cc(C=C2COc3ccccc3C2=O)cc2c1OCCO2. The Morgan fingerprint density at radius 3 is 2.75 bits per heavy atom. The number of rotatable bonds is 2. The van der Waals surface area contributed by atoms with Crippen LogP contribution in [0.1, 0.15) is 15.9 Å². The van der Waals surface area contributed by atoms with Gasteiger partial charge in [0.1, 0.15) is 25.6 Å². The van der Waals surface area contributed by atoms with E-state index in [9.17, 15) is 4.79 Å². The van der Waals surface area contributed by atoms with E-state index in [-0.39, 0.29) is 12.4 Å². The van der Waals surface area contributed by atoms with E-state index in [2.05, 4.69) is 0 Å². The fourth-order valence-electron chi connectivity index (χ4n) is 2.86. The van der Waals surface area contributed by atoms with Gasteiger partial charge in [-0.05, 0) is 35.9 Å². The van der Waals surface area contributed by atoms with E-state index in [0.717, 1.165) is 5.56 Å². The highest BCUT2D eigenvalue weighted by molar-refractivity contribution is 6.14. The molecule has 0 spiro atoms. The van der Waals surface area contributed by atoms with Crippen LogP contribution in [0.4, 0.5) is 0 Å². The Kier molecular flexibility index (Phi) is 3.61. The van der Waals surface area contributed by atoms with Crippen LogP contribution in [0.5, 0.6) is 23.0 Å². The van der Waals surface area contributed by atoms with Gasteiger partial charge in [-0.15, -0.1) is 0 Å². The summed E-state index contributed by atoms with van der Waals surface area (Å²) in [5, 5.41) is 0. The van der Waals surface area contributed by atoms with Crippen molar-refractivity contribution in [1.29, 1.82) is 0 Å². The van der Waals surface area contributed by atoms with Gasteiger partial charge in [-0.2, -0.15) is 0 Å². The van der Waals surface area contributed by atoms with Gasteiger partial charge in [0.15, 0.2) is 17.3 Å². The molecule has 0 atom stereocenters. The lowest BCUT2D eigenvalue weighted by Gasteiger charge is -2.21. The van der Waals surface area contributed by atoms with Crippen molar-refractivity contribution in [3.63, 3.8) is 0 Å². The first-order valence-electron chi connectivity index (χ1n) is 7.71. The minimum absolute atomic E-state index is 0.0225. The number of Topliss-reactive ketones (excluding diaryl/α,β-unsaturated/α-hetero) is 1. The maximum atomic E-state index is 12.6. The number of hydrogen-bond acceptors (Lipinski definition) is 5. The molecule has 0 amide bonds. The third kappa shape index (κ3) is 2.48. The topological polar surface area (TPSA) is 54.0 Å². The van der Waals surface area contributed by atoms with Crippen molar-refractivity contribution in [1.82, 2.24) is 0 Å². The molecule has 0 unspecified atom stereocenters.